The van der Waals surface area contributed by atoms with Crippen molar-refractivity contribution >= 4 is 5.91 Å². The van der Waals surface area contributed by atoms with Crippen molar-refractivity contribution in [2.45, 2.75) is 47.0 Å². The van der Waals surface area contributed by atoms with Crippen LogP contribution in [0, 0.1) is 23.2 Å². The van der Waals surface area contributed by atoms with E-state index >= 15 is 0 Å². The fourth-order valence-electron chi connectivity index (χ4n) is 5.12. The van der Waals surface area contributed by atoms with Gasteiger partial charge in [-0.25, -0.2) is 0 Å². The van der Waals surface area contributed by atoms with E-state index in [1.807, 2.05) is 0 Å². The minimum Gasteiger partial charge on any atom is -1.00 e. The van der Waals surface area contributed by atoms with Gasteiger partial charge in [-0.1, -0.05) is 24.6 Å². The summed E-state index contributed by atoms with van der Waals surface area (Å²) in [5.74, 6) is 0.637. The van der Waals surface area contributed by atoms with E-state index in [0.29, 0.717) is 11.8 Å². The second kappa shape index (κ2) is 7.48. The zero-order valence-electron chi connectivity index (χ0n) is 14.2. The minimum atomic E-state index is -0.675. The van der Waals surface area contributed by atoms with Crippen LogP contribution in [0.5, 0.6) is 0 Å². The average molecular weight is 389 g/mol. The molecule has 0 aromatic rings. The number of carbonyl (C=O) groups excluding carboxylic acids is 1. The smallest absolute Gasteiger partial charge is 1.00 e. The molecule has 4 atom stereocenters. The van der Waals surface area contributed by atoms with Gasteiger partial charge in [0.15, 0.2) is 0 Å². The molecule has 0 aromatic carbocycles. The zero-order chi connectivity index (χ0) is 14.8. The van der Waals surface area contributed by atoms with Gasteiger partial charge in [-0.2, -0.15) is 0 Å². The van der Waals surface area contributed by atoms with Crippen molar-refractivity contribution < 1.29 is 51.3 Å². The second-order valence-corrected chi connectivity index (χ2v) is 6.94. The molecule has 5 heteroatoms. The summed E-state index contributed by atoms with van der Waals surface area (Å²) in [6, 6.07) is 0. The van der Waals surface area contributed by atoms with E-state index in [1.54, 1.807) is 0 Å². The Hall–Kier alpha value is -0.0157. The minimum absolute atomic E-state index is 0. The van der Waals surface area contributed by atoms with E-state index < -0.39 is 11.3 Å². The molecule has 4 unspecified atom stereocenters. The maximum Gasteiger partial charge on any atom is 3.00 e. The van der Waals surface area contributed by atoms with Gasteiger partial charge in [-0.15, -0.1) is 0 Å². The van der Waals surface area contributed by atoms with Crippen LogP contribution in [0.1, 0.15) is 47.0 Å². The second-order valence-electron chi connectivity index (χ2n) is 6.94. The Kier molecular flexibility index (Phi) is 7.47. The molecule has 0 spiro atoms. The summed E-state index contributed by atoms with van der Waals surface area (Å²) in [7, 11) is 0. The molecule has 0 saturated heterocycles. The van der Waals surface area contributed by atoms with E-state index in [4.69, 9.17) is 5.73 Å². The summed E-state index contributed by atoms with van der Waals surface area (Å²) in [4.78, 5) is 12.4. The molecule has 2 bridgehead atoms. The number of amides is 1. The molecule has 3 aliphatic carbocycles. The van der Waals surface area contributed by atoms with Crippen LogP contribution in [0.3, 0.4) is 0 Å². The first-order valence-electron chi connectivity index (χ1n) is 7.67. The maximum atomic E-state index is 12.4. The summed E-state index contributed by atoms with van der Waals surface area (Å²) < 4.78 is 0. The van der Waals surface area contributed by atoms with Crippen LogP contribution in [0.25, 0.3) is 5.73 Å². The quantitative estimate of drug-likeness (QED) is 0.434. The van der Waals surface area contributed by atoms with E-state index in [1.165, 1.54) is 22.3 Å². The number of allylic oxidation sites excluding steroid dienone is 3. The fourth-order valence-corrected chi connectivity index (χ4v) is 5.12. The van der Waals surface area contributed by atoms with Gasteiger partial charge < -0.3 is 35.3 Å². The Labute approximate surface area is 167 Å². The van der Waals surface area contributed by atoms with Crippen LogP contribution >= 0.6 is 0 Å². The fraction of sp³-hybridized carbons (Fsp3) is 0.611. The zero-order valence-corrected chi connectivity index (χ0v) is 17.3. The van der Waals surface area contributed by atoms with Crippen molar-refractivity contribution in [1.29, 1.82) is 0 Å². The summed E-state index contributed by atoms with van der Waals surface area (Å²) in [5, 5.41) is 0. The molecule has 23 heavy (non-hydrogen) atoms. The molecule has 0 aliphatic heterocycles. The van der Waals surface area contributed by atoms with E-state index in [0.717, 1.165) is 24.8 Å². The summed E-state index contributed by atoms with van der Waals surface area (Å²) in [6.07, 6.45) is 3.30. The van der Waals surface area contributed by atoms with Crippen LogP contribution < -0.4 is 24.8 Å². The first-order valence-corrected chi connectivity index (χ1v) is 7.67. The van der Waals surface area contributed by atoms with Gasteiger partial charge in [0, 0.05) is 5.92 Å². The van der Waals surface area contributed by atoms with Crippen LogP contribution in [-0.2, 0) is 26.5 Å². The Bertz CT molecular complexity index is 596. The molecule has 1 N–H and O–H groups in total. The van der Waals surface area contributed by atoms with Gasteiger partial charge in [-0.3, -0.25) is 0 Å². The third-order valence-corrected chi connectivity index (χ3v) is 6.47. The van der Waals surface area contributed by atoms with Gasteiger partial charge in [0.1, 0.15) is 0 Å². The van der Waals surface area contributed by atoms with Gasteiger partial charge in [0.2, 0.25) is 0 Å². The average Bonchev–Trinajstić information content (AvgIpc) is 3.02. The summed E-state index contributed by atoms with van der Waals surface area (Å²) >= 11 is 0. The molecule has 125 valence electrons. The normalized spacial score (nSPS) is 35.0. The Morgan fingerprint density at radius 3 is 2.09 bits per heavy atom. The number of nitrogens with one attached hydrogen (secondary N) is 1. The standard InChI is InChI=1S/C18H25NO.2ClH.Ti/c1-9-10(2)12(4)16(11(9)3)18(17(19)20)13(5)14-6-7-15(18)8-14;;;/h11,14-15H,5-8H2,1-4H3,(H2,19,20);2*1H;/q;;;+3/p-3. The molecule has 3 rings (SSSR count). The third kappa shape index (κ3) is 2.70. The number of carbonyl (C=O) groups is 1. The largest absolute Gasteiger partial charge is 3.00 e. The van der Waals surface area contributed by atoms with Crippen molar-refractivity contribution in [3.8, 4) is 0 Å². The van der Waals surface area contributed by atoms with Crippen LogP contribution in [0.15, 0.2) is 34.4 Å². The molecule has 1 radical (unpaired) electrons. The Morgan fingerprint density at radius 2 is 1.74 bits per heavy atom. The number of fused-ring (bicyclic) bond motifs is 2. The Balaban J connectivity index is 0.00000161. The molecule has 2 saturated carbocycles. The molecule has 2 fully saturated rings. The first-order chi connectivity index (χ1) is 9.33. The number of halogens is 2. The predicted molar refractivity (Wildman–Crippen MR) is 82.0 cm³/mol. The monoisotopic (exact) mass is 388 g/mol. The summed E-state index contributed by atoms with van der Waals surface area (Å²) in [6.45, 7) is 12.9. The van der Waals surface area contributed by atoms with E-state index in [-0.39, 0.29) is 52.4 Å². The Morgan fingerprint density at radius 1 is 1.17 bits per heavy atom. The third-order valence-electron chi connectivity index (χ3n) is 6.47. The van der Waals surface area contributed by atoms with Gasteiger partial charge in [0.05, 0.1) is 11.3 Å². The van der Waals surface area contributed by atoms with Gasteiger partial charge >= 0.3 is 21.7 Å². The molecule has 3 aliphatic rings. The van der Waals surface area contributed by atoms with E-state index in [9.17, 15) is 4.79 Å². The molecule has 1 amide bonds. The van der Waals surface area contributed by atoms with Crippen molar-refractivity contribution in [2.24, 2.45) is 23.2 Å². The van der Waals surface area contributed by atoms with Crippen LogP contribution in [-0.4, -0.2) is 5.91 Å². The van der Waals surface area contributed by atoms with Crippen LogP contribution in [0.2, 0.25) is 0 Å². The molecule has 0 heterocycles. The van der Waals surface area contributed by atoms with Crippen molar-refractivity contribution in [3.63, 3.8) is 0 Å². The molecular formula is C18H24Cl2NOTi. The van der Waals surface area contributed by atoms with Crippen LogP contribution in [0.4, 0.5) is 0 Å². The van der Waals surface area contributed by atoms with Gasteiger partial charge in [-0.05, 0) is 68.6 Å². The topological polar surface area (TPSA) is 40.9 Å². The molecular weight excluding hydrogens is 365 g/mol. The van der Waals surface area contributed by atoms with Gasteiger partial charge in [0.25, 0.3) is 0 Å². The SMILES string of the molecule is C=C1C2CCC(C2)C1(C([NH-])=O)C1=C(C)C(C)=C(C)C1C.[Cl-].[Cl-].[Ti+3]. The van der Waals surface area contributed by atoms with E-state index in [2.05, 4.69) is 34.3 Å². The van der Waals surface area contributed by atoms with Crippen molar-refractivity contribution in [3.05, 3.63) is 40.2 Å². The first kappa shape index (κ1) is 23.0. The maximum absolute atomic E-state index is 12.4. The number of rotatable bonds is 2. The predicted octanol–water partition coefficient (Wildman–Crippen LogP) is -1.15. The molecule has 0 aromatic heterocycles. The van der Waals surface area contributed by atoms with Crippen molar-refractivity contribution in [1.82, 2.24) is 0 Å². The number of hydrogen-bond donors (Lipinski definition) is 0. The number of hydrogen-bond acceptors (Lipinski definition) is 1. The summed E-state index contributed by atoms with van der Waals surface area (Å²) in [5.41, 5.74) is 13.5. The van der Waals surface area contributed by atoms with Crippen molar-refractivity contribution in [2.75, 3.05) is 0 Å². The molecule has 2 nitrogen and oxygen atoms in total.